The van der Waals surface area contributed by atoms with Crippen molar-refractivity contribution in [3.05, 3.63) is 41.5 Å². The van der Waals surface area contributed by atoms with Crippen molar-refractivity contribution in [2.24, 2.45) is 50.2 Å². The van der Waals surface area contributed by atoms with Crippen molar-refractivity contribution in [3.8, 4) is 5.75 Å². The molecule has 0 bridgehead atoms. The first-order chi connectivity index (χ1) is 19.9. The van der Waals surface area contributed by atoms with Crippen LogP contribution in [0, 0.1) is 50.2 Å². The molecule has 0 aliphatic heterocycles. The molecule has 0 aromatic heterocycles. The summed E-state index contributed by atoms with van der Waals surface area (Å²) in [5, 5.41) is 32.0. The number of aromatic hydroxyl groups is 1. The van der Waals surface area contributed by atoms with Gasteiger partial charge in [0.25, 0.3) is 0 Å². The van der Waals surface area contributed by atoms with Crippen LogP contribution in [0.3, 0.4) is 0 Å². The number of hydrogen-bond acceptors (Lipinski definition) is 5. The number of benzene rings is 1. The fraction of sp³-hybridized carbons (Fsp3) is 0.730. The van der Waals surface area contributed by atoms with Crippen molar-refractivity contribution >= 4 is 11.9 Å². The fourth-order valence-corrected chi connectivity index (χ4v) is 11.9. The summed E-state index contributed by atoms with van der Waals surface area (Å²) < 4.78 is 6.10. The molecule has 1 aromatic rings. The van der Waals surface area contributed by atoms with Crippen molar-refractivity contribution < 1.29 is 29.6 Å². The van der Waals surface area contributed by atoms with E-state index in [9.17, 15) is 24.9 Å². The fourth-order valence-electron chi connectivity index (χ4n) is 11.9. The highest BCUT2D eigenvalue weighted by Gasteiger charge is 2.69. The van der Waals surface area contributed by atoms with Crippen LogP contribution in [-0.4, -0.2) is 39.5 Å². The standard InChI is InChI=1S/C37H52O6/c1-32(2)18-19-37(31(41)42)17-14-26-34(5)15-12-25-33(3,4)29(39)24(43-30(40)22-8-10-23(38)11-9-22)20-36(25,7)27(34)13-16-35(26,6)28(37)21-32/h8-11,14,24-25,27-29,38-39H,12-13,15-21H2,1-7H3,(H,41,42)/t24-,25?,27?,28?,29+,34+,35-,36+,37-/m1/s1. The number of aliphatic hydroxyl groups is 1. The quantitative estimate of drug-likeness (QED) is 0.245. The topological polar surface area (TPSA) is 104 Å². The molecule has 6 rings (SSSR count). The number of fused-ring (bicyclic) bond motifs is 7. The van der Waals surface area contributed by atoms with E-state index in [2.05, 4.69) is 54.5 Å². The molecule has 0 radical (unpaired) electrons. The van der Waals surface area contributed by atoms with Gasteiger partial charge in [-0.25, -0.2) is 4.79 Å². The van der Waals surface area contributed by atoms with Crippen LogP contribution in [0.4, 0.5) is 0 Å². The first-order valence-electron chi connectivity index (χ1n) is 16.5. The summed E-state index contributed by atoms with van der Waals surface area (Å²) in [5.74, 6) is -0.268. The molecular formula is C37H52O6. The number of phenols is 1. The molecule has 9 atom stereocenters. The number of carboxylic acids is 1. The minimum Gasteiger partial charge on any atom is -0.508 e. The molecule has 236 valence electrons. The smallest absolute Gasteiger partial charge is 0.338 e. The van der Waals surface area contributed by atoms with Crippen LogP contribution >= 0.6 is 0 Å². The number of phenolic OH excluding ortho intramolecular Hbond substituents is 1. The Kier molecular flexibility index (Phi) is 6.83. The Morgan fingerprint density at radius 3 is 2.05 bits per heavy atom. The molecule has 3 unspecified atom stereocenters. The van der Waals surface area contributed by atoms with E-state index >= 15 is 0 Å². The van der Waals surface area contributed by atoms with Crippen molar-refractivity contribution in [3.63, 3.8) is 0 Å². The maximum atomic E-state index is 13.2. The molecule has 4 saturated carbocycles. The van der Waals surface area contributed by atoms with Crippen molar-refractivity contribution in [1.82, 2.24) is 0 Å². The zero-order valence-corrected chi connectivity index (χ0v) is 27.2. The Hall–Kier alpha value is -2.34. The summed E-state index contributed by atoms with van der Waals surface area (Å²) >= 11 is 0. The van der Waals surface area contributed by atoms with Gasteiger partial charge in [0, 0.05) is 0 Å². The van der Waals surface area contributed by atoms with Gasteiger partial charge >= 0.3 is 11.9 Å². The van der Waals surface area contributed by atoms with Crippen LogP contribution < -0.4 is 0 Å². The van der Waals surface area contributed by atoms with Crippen LogP contribution in [0.25, 0.3) is 0 Å². The second-order valence-corrected chi connectivity index (χ2v) is 17.2. The number of esters is 1. The largest absolute Gasteiger partial charge is 0.508 e. The van der Waals surface area contributed by atoms with Crippen LogP contribution in [0.1, 0.15) is 117 Å². The number of aliphatic carboxylic acids is 1. The molecule has 6 nitrogen and oxygen atoms in total. The van der Waals surface area contributed by atoms with Crippen LogP contribution in [0.5, 0.6) is 5.75 Å². The minimum atomic E-state index is -0.778. The van der Waals surface area contributed by atoms with Gasteiger partial charge in [-0.3, -0.25) is 4.79 Å². The van der Waals surface area contributed by atoms with Gasteiger partial charge in [-0.2, -0.15) is 0 Å². The van der Waals surface area contributed by atoms with Gasteiger partial charge < -0.3 is 20.1 Å². The van der Waals surface area contributed by atoms with E-state index in [1.807, 2.05) is 0 Å². The van der Waals surface area contributed by atoms with E-state index in [-0.39, 0.29) is 39.2 Å². The third-order valence-electron chi connectivity index (χ3n) is 14.0. The number of allylic oxidation sites excluding steroid dienone is 2. The molecule has 5 aliphatic rings. The molecule has 1 aromatic carbocycles. The lowest BCUT2D eigenvalue weighted by Crippen LogP contribution is -2.66. The third kappa shape index (κ3) is 4.28. The summed E-state index contributed by atoms with van der Waals surface area (Å²) in [4.78, 5) is 26.2. The molecule has 0 spiro atoms. The molecule has 3 N–H and O–H groups in total. The first kappa shape index (κ1) is 30.7. The molecule has 0 amide bonds. The Labute approximate surface area is 257 Å². The van der Waals surface area contributed by atoms with E-state index in [0.29, 0.717) is 24.3 Å². The molecular weight excluding hydrogens is 540 g/mol. The lowest BCUT2D eigenvalue weighted by Gasteiger charge is -2.70. The van der Waals surface area contributed by atoms with Gasteiger partial charge in [0.15, 0.2) is 0 Å². The maximum Gasteiger partial charge on any atom is 0.338 e. The van der Waals surface area contributed by atoms with E-state index in [1.54, 1.807) is 12.1 Å². The van der Waals surface area contributed by atoms with Gasteiger partial charge in [0.05, 0.1) is 17.1 Å². The van der Waals surface area contributed by atoms with Crippen molar-refractivity contribution in [2.75, 3.05) is 0 Å². The van der Waals surface area contributed by atoms with Crippen LogP contribution in [0.15, 0.2) is 35.9 Å². The predicted molar refractivity (Wildman–Crippen MR) is 165 cm³/mol. The molecule has 4 fully saturated rings. The van der Waals surface area contributed by atoms with Gasteiger partial charge in [-0.1, -0.05) is 60.1 Å². The lowest BCUT2D eigenvalue weighted by atomic mass is 9.34. The average molecular weight is 593 g/mol. The summed E-state index contributed by atoms with van der Waals surface area (Å²) in [6.07, 6.45) is 8.82. The Balaban J connectivity index is 1.36. The Bertz CT molecular complexity index is 1340. The minimum absolute atomic E-state index is 0.0750. The lowest BCUT2D eigenvalue weighted by molar-refractivity contribution is -0.219. The second kappa shape index (κ2) is 9.58. The summed E-state index contributed by atoms with van der Waals surface area (Å²) in [5.41, 5.74) is 0.467. The highest BCUT2D eigenvalue weighted by molar-refractivity contribution is 5.89. The summed E-state index contributed by atoms with van der Waals surface area (Å²) in [6, 6.07) is 6.07. The van der Waals surface area contributed by atoms with Crippen LogP contribution in [-0.2, 0) is 9.53 Å². The molecule has 0 heterocycles. The normalized spacial score (nSPS) is 44.5. The first-order valence-corrected chi connectivity index (χ1v) is 16.5. The number of ether oxygens (including phenoxy) is 1. The number of carbonyl (C=O) groups excluding carboxylic acids is 1. The number of hydrogen-bond donors (Lipinski definition) is 3. The van der Waals surface area contributed by atoms with Gasteiger partial charge in [-0.15, -0.1) is 0 Å². The molecule has 0 saturated heterocycles. The number of carbonyl (C=O) groups is 2. The van der Waals surface area contributed by atoms with Gasteiger partial charge in [-0.05, 0) is 127 Å². The summed E-state index contributed by atoms with van der Waals surface area (Å²) in [7, 11) is 0. The summed E-state index contributed by atoms with van der Waals surface area (Å²) in [6.45, 7) is 16.1. The van der Waals surface area contributed by atoms with Crippen molar-refractivity contribution in [2.45, 2.75) is 118 Å². The highest BCUT2D eigenvalue weighted by Crippen LogP contribution is 2.75. The van der Waals surface area contributed by atoms with Gasteiger partial charge in [0.2, 0.25) is 0 Å². The Morgan fingerprint density at radius 2 is 1.42 bits per heavy atom. The van der Waals surface area contributed by atoms with Gasteiger partial charge in [0.1, 0.15) is 11.9 Å². The second-order valence-electron chi connectivity index (χ2n) is 17.2. The number of rotatable bonds is 3. The Morgan fingerprint density at radius 1 is 0.814 bits per heavy atom. The van der Waals surface area contributed by atoms with E-state index in [4.69, 9.17) is 4.74 Å². The third-order valence-corrected chi connectivity index (χ3v) is 14.0. The highest BCUT2D eigenvalue weighted by atomic mass is 16.6. The zero-order valence-electron chi connectivity index (χ0n) is 27.2. The monoisotopic (exact) mass is 592 g/mol. The predicted octanol–water partition coefficient (Wildman–Crippen LogP) is 7.77. The van der Waals surface area contributed by atoms with Crippen LogP contribution in [0.2, 0.25) is 0 Å². The molecule has 6 heteroatoms. The SMILES string of the molecule is CC1(C)CC[C@]2(C(=O)O)CC=C3[C@]4(C)CCC5C(C)(C)[C@@H](O)[C@H](OC(=O)c6ccc(O)cc6)C[C@]5(C)C4CC[C@@]3(C)C2C1. The zero-order chi connectivity index (χ0) is 31.4. The maximum absolute atomic E-state index is 13.2. The molecule has 5 aliphatic carbocycles. The van der Waals surface area contributed by atoms with E-state index < -0.39 is 35.0 Å². The van der Waals surface area contributed by atoms with E-state index in [1.165, 1.54) is 17.7 Å². The molecule has 43 heavy (non-hydrogen) atoms. The number of aliphatic hydroxyl groups excluding tert-OH is 1. The number of carboxylic acid groups (broad SMARTS) is 1. The average Bonchev–Trinajstić information content (AvgIpc) is 2.91. The van der Waals surface area contributed by atoms with Crippen molar-refractivity contribution in [1.29, 1.82) is 0 Å². The van der Waals surface area contributed by atoms with E-state index in [0.717, 1.165) is 44.9 Å².